The van der Waals surface area contributed by atoms with Crippen LogP contribution in [0.2, 0.25) is 0 Å². The van der Waals surface area contributed by atoms with E-state index in [1.54, 1.807) is 19.1 Å². The van der Waals surface area contributed by atoms with Crippen LogP contribution in [0.5, 0.6) is 5.75 Å². The van der Waals surface area contributed by atoms with Crippen LogP contribution in [0.4, 0.5) is 10.1 Å². The van der Waals surface area contributed by atoms with Gasteiger partial charge in [-0.05, 0) is 48.2 Å². The lowest BCUT2D eigenvalue weighted by molar-refractivity contribution is 0.289. The van der Waals surface area contributed by atoms with E-state index in [1.807, 2.05) is 41.3 Å². The summed E-state index contributed by atoms with van der Waals surface area (Å²) in [7, 11) is 0. The third kappa shape index (κ3) is 2.46. The molecule has 3 aromatic carbocycles. The lowest BCUT2D eigenvalue weighted by Gasteiger charge is -2.31. The van der Waals surface area contributed by atoms with Crippen molar-refractivity contribution in [3.63, 3.8) is 0 Å². The average molecular weight is 361 g/mol. The second kappa shape index (κ2) is 5.84. The molecular weight excluding hydrogens is 345 g/mol. The van der Waals surface area contributed by atoms with Crippen molar-refractivity contribution in [3.05, 3.63) is 82.0 Å². The van der Waals surface area contributed by atoms with E-state index in [2.05, 4.69) is 0 Å². The van der Waals surface area contributed by atoms with Crippen LogP contribution in [-0.2, 0) is 6.54 Å². The Balaban J connectivity index is 1.68. The predicted octanol–water partition coefficient (Wildman–Crippen LogP) is 4.75. The van der Waals surface area contributed by atoms with Crippen LogP contribution in [0.15, 0.2) is 63.8 Å². The molecule has 5 rings (SSSR count). The Bertz CT molecular complexity index is 1260. The summed E-state index contributed by atoms with van der Waals surface area (Å²) in [5.74, 6) is 0.429. The van der Waals surface area contributed by atoms with Crippen LogP contribution >= 0.6 is 0 Å². The normalized spacial score (nSPS) is 13.6. The zero-order valence-corrected chi connectivity index (χ0v) is 14.7. The van der Waals surface area contributed by atoms with Gasteiger partial charge in [0.2, 0.25) is 0 Å². The van der Waals surface area contributed by atoms with E-state index in [4.69, 9.17) is 9.15 Å². The molecule has 4 aromatic rings. The number of hydrogen-bond donors (Lipinski definition) is 0. The van der Waals surface area contributed by atoms with Gasteiger partial charge in [-0.2, -0.15) is 0 Å². The number of nitrogens with zero attached hydrogens (tertiary/aromatic N) is 1. The Morgan fingerprint density at radius 3 is 2.63 bits per heavy atom. The second-order valence-corrected chi connectivity index (χ2v) is 6.76. The minimum Gasteiger partial charge on any atom is -0.473 e. The van der Waals surface area contributed by atoms with Crippen LogP contribution in [0.3, 0.4) is 0 Å². The maximum absolute atomic E-state index is 14.0. The lowest BCUT2D eigenvalue weighted by Crippen LogP contribution is -2.32. The fourth-order valence-corrected chi connectivity index (χ4v) is 3.60. The van der Waals surface area contributed by atoms with Gasteiger partial charge in [0.05, 0.1) is 17.5 Å². The van der Waals surface area contributed by atoms with Crippen molar-refractivity contribution in [1.82, 2.24) is 0 Å². The van der Waals surface area contributed by atoms with Crippen LogP contribution in [0.1, 0.15) is 11.1 Å². The first kappa shape index (κ1) is 15.9. The monoisotopic (exact) mass is 361 g/mol. The van der Waals surface area contributed by atoms with Crippen LogP contribution in [0, 0.1) is 12.7 Å². The Morgan fingerprint density at radius 1 is 1.00 bits per heavy atom. The fraction of sp³-hybridized carbons (Fsp3) is 0.136. The number of halogens is 1. The highest BCUT2D eigenvalue weighted by atomic mass is 19.1. The summed E-state index contributed by atoms with van der Waals surface area (Å²) in [6, 6.07) is 16.3. The Labute approximate surface area is 154 Å². The standard InChI is InChI=1S/C22H16FNO3/c1-13-6-7-14(10-19(13)23)24-11-18-20(26-12-24)9-8-16-15-4-2-3-5-17(15)22(25)27-21(16)18/h2-10H,11-12H2,1H3. The van der Waals surface area contributed by atoms with Gasteiger partial charge in [0.15, 0.2) is 6.73 Å². The molecule has 0 bridgehead atoms. The maximum atomic E-state index is 14.0. The topological polar surface area (TPSA) is 42.7 Å². The van der Waals surface area contributed by atoms with Gasteiger partial charge in [-0.25, -0.2) is 9.18 Å². The summed E-state index contributed by atoms with van der Waals surface area (Å²) in [5, 5.41) is 2.27. The zero-order valence-electron chi connectivity index (χ0n) is 14.7. The maximum Gasteiger partial charge on any atom is 0.344 e. The van der Waals surface area contributed by atoms with Gasteiger partial charge in [0.1, 0.15) is 17.1 Å². The van der Waals surface area contributed by atoms with Gasteiger partial charge in [0, 0.05) is 11.1 Å². The quantitative estimate of drug-likeness (QED) is 0.362. The Morgan fingerprint density at radius 2 is 1.81 bits per heavy atom. The van der Waals surface area contributed by atoms with Crippen LogP contribution < -0.4 is 15.3 Å². The zero-order chi connectivity index (χ0) is 18.5. The largest absolute Gasteiger partial charge is 0.473 e. The molecule has 134 valence electrons. The number of benzene rings is 3. The summed E-state index contributed by atoms with van der Waals surface area (Å²) in [4.78, 5) is 14.4. The molecule has 4 nitrogen and oxygen atoms in total. The molecule has 0 unspecified atom stereocenters. The first-order valence-electron chi connectivity index (χ1n) is 8.73. The van der Waals surface area contributed by atoms with Crippen molar-refractivity contribution < 1.29 is 13.5 Å². The summed E-state index contributed by atoms with van der Waals surface area (Å²) < 4.78 is 25.5. The summed E-state index contributed by atoms with van der Waals surface area (Å²) in [5.41, 5.74) is 2.27. The second-order valence-electron chi connectivity index (χ2n) is 6.76. The molecule has 0 atom stereocenters. The van der Waals surface area contributed by atoms with E-state index in [0.717, 1.165) is 22.0 Å². The van der Waals surface area contributed by atoms with Crippen molar-refractivity contribution >= 4 is 27.4 Å². The van der Waals surface area contributed by atoms with Gasteiger partial charge in [-0.3, -0.25) is 0 Å². The number of anilines is 1. The number of ether oxygens (including phenoxy) is 1. The summed E-state index contributed by atoms with van der Waals surface area (Å²) >= 11 is 0. The lowest BCUT2D eigenvalue weighted by atomic mass is 10.0. The van der Waals surface area contributed by atoms with E-state index in [9.17, 15) is 9.18 Å². The highest BCUT2D eigenvalue weighted by Gasteiger charge is 2.23. The average Bonchev–Trinajstić information content (AvgIpc) is 2.70. The first-order chi connectivity index (χ1) is 13.1. The van der Waals surface area contributed by atoms with E-state index in [1.165, 1.54) is 6.07 Å². The molecule has 1 aliphatic rings. The van der Waals surface area contributed by atoms with Gasteiger partial charge >= 0.3 is 5.63 Å². The number of rotatable bonds is 1. The molecule has 0 aliphatic carbocycles. The minimum atomic E-state index is -0.370. The van der Waals surface area contributed by atoms with Gasteiger partial charge in [0.25, 0.3) is 0 Å². The highest BCUT2D eigenvalue weighted by molar-refractivity contribution is 6.05. The molecule has 2 heterocycles. The van der Waals surface area contributed by atoms with Crippen molar-refractivity contribution in [2.24, 2.45) is 0 Å². The Hall–Kier alpha value is -3.34. The number of hydrogen-bond acceptors (Lipinski definition) is 4. The minimum absolute atomic E-state index is 0.256. The Kier molecular flexibility index (Phi) is 3.44. The van der Waals surface area contributed by atoms with Crippen molar-refractivity contribution in [2.75, 3.05) is 11.6 Å². The van der Waals surface area contributed by atoms with Gasteiger partial charge in [-0.15, -0.1) is 0 Å². The number of aryl methyl sites for hydroxylation is 1. The van der Waals surface area contributed by atoms with Crippen LogP contribution in [-0.4, -0.2) is 6.73 Å². The molecule has 27 heavy (non-hydrogen) atoms. The number of fused-ring (bicyclic) bond motifs is 5. The van der Waals surface area contributed by atoms with Crippen molar-refractivity contribution in [2.45, 2.75) is 13.5 Å². The third-order valence-corrected chi connectivity index (χ3v) is 5.09. The van der Waals surface area contributed by atoms with Crippen molar-refractivity contribution in [1.29, 1.82) is 0 Å². The summed E-state index contributed by atoms with van der Waals surface area (Å²) in [6.45, 7) is 2.50. The smallest absolute Gasteiger partial charge is 0.344 e. The molecular formula is C22H16FNO3. The molecule has 5 heteroatoms. The molecule has 0 radical (unpaired) electrons. The SMILES string of the molecule is Cc1ccc(N2COc3ccc4c(oc(=O)c5ccccc54)c3C2)cc1F. The van der Waals surface area contributed by atoms with Crippen LogP contribution in [0.25, 0.3) is 21.7 Å². The molecule has 0 saturated heterocycles. The predicted molar refractivity (Wildman–Crippen MR) is 103 cm³/mol. The first-order valence-corrected chi connectivity index (χ1v) is 8.73. The molecule has 0 amide bonds. The highest BCUT2D eigenvalue weighted by Crippen LogP contribution is 2.36. The molecule has 1 aliphatic heterocycles. The molecule has 0 saturated carbocycles. The van der Waals surface area contributed by atoms with Gasteiger partial charge < -0.3 is 14.1 Å². The third-order valence-electron chi connectivity index (χ3n) is 5.09. The van der Waals surface area contributed by atoms with E-state index in [-0.39, 0.29) is 11.4 Å². The molecule has 0 spiro atoms. The van der Waals surface area contributed by atoms with Gasteiger partial charge in [-0.1, -0.05) is 24.3 Å². The molecule has 1 aromatic heterocycles. The molecule has 0 fully saturated rings. The molecule has 0 N–H and O–H groups in total. The fourth-order valence-electron chi connectivity index (χ4n) is 3.60. The summed E-state index contributed by atoms with van der Waals surface area (Å²) in [6.07, 6.45) is 0. The van der Waals surface area contributed by atoms with E-state index in [0.29, 0.717) is 35.6 Å². The van der Waals surface area contributed by atoms with E-state index < -0.39 is 0 Å². The van der Waals surface area contributed by atoms with E-state index >= 15 is 0 Å². The van der Waals surface area contributed by atoms with Crippen molar-refractivity contribution in [3.8, 4) is 5.75 Å².